The van der Waals surface area contributed by atoms with E-state index in [4.69, 9.17) is 0 Å². The highest BCUT2D eigenvalue weighted by atomic mass is 32.2. The maximum Gasteiger partial charge on any atom is 0.243 e. The van der Waals surface area contributed by atoms with Crippen LogP contribution in [0.25, 0.3) is 0 Å². The zero-order chi connectivity index (χ0) is 18.6. The lowest BCUT2D eigenvalue weighted by molar-refractivity contribution is 0.397. The van der Waals surface area contributed by atoms with Gasteiger partial charge in [-0.05, 0) is 44.4 Å². The molecule has 1 aromatic heterocycles. The predicted molar refractivity (Wildman–Crippen MR) is 105 cm³/mol. The van der Waals surface area contributed by atoms with Gasteiger partial charge in [0.05, 0.1) is 10.9 Å². The number of aromatic nitrogens is 1. The Morgan fingerprint density at radius 2 is 2.00 bits per heavy atom. The average molecular weight is 374 g/mol. The van der Waals surface area contributed by atoms with Gasteiger partial charge in [0.1, 0.15) is 5.82 Å². The molecule has 1 fully saturated rings. The van der Waals surface area contributed by atoms with Crippen molar-refractivity contribution in [3.63, 3.8) is 0 Å². The molecule has 0 bridgehead atoms. The monoisotopic (exact) mass is 373 g/mol. The second-order valence-electron chi connectivity index (χ2n) is 6.81. The van der Waals surface area contributed by atoms with Gasteiger partial charge in [-0.3, -0.25) is 0 Å². The quantitative estimate of drug-likeness (QED) is 0.741. The summed E-state index contributed by atoms with van der Waals surface area (Å²) in [6.07, 6.45) is 5.60. The molecule has 2 heterocycles. The number of rotatable bonds is 7. The molecule has 0 unspecified atom stereocenters. The molecule has 0 aliphatic carbocycles. The van der Waals surface area contributed by atoms with Crippen molar-refractivity contribution in [3.05, 3.63) is 53.7 Å². The molecule has 0 spiro atoms. The minimum atomic E-state index is -3.52. The van der Waals surface area contributed by atoms with Crippen LogP contribution in [0.5, 0.6) is 0 Å². The summed E-state index contributed by atoms with van der Waals surface area (Å²) >= 11 is 0. The first kappa shape index (κ1) is 18.9. The molecule has 26 heavy (non-hydrogen) atoms. The third kappa shape index (κ3) is 3.91. The Hall–Kier alpha value is -1.92. The Balaban J connectivity index is 1.90. The van der Waals surface area contributed by atoms with E-state index in [2.05, 4.69) is 17.2 Å². The lowest BCUT2D eigenvalue weighted by Gasteiger charge is -2.26. The molecular formula is C20H27N3O2S. The number of pyridine rings is 1. The van der Waals surface area contributed by atoms with Crippen LogP contribution in [0.4, 0.5) is 5.82 Å². The van der Waals surface area contributed by atoms with Gasteiger partial charge < -0.3 is 5.32 Å². The Bertz CT molecular complexity index is 834. The van der Waals surface area contributed by atoms with Crippen LogP contribution in [-0.2, 0) is 10.0 Å². The molecule has 1 N–H and O–H groups in total. The predicted octanol–water partition coefficient (Wildman–Crippen LogP) is 4.13. The number of hydrogen-bond acceptors (Lipinski definition) is 4. The van der Waals surface area contributed by atoms with Crippen LogP contribution in [0.3, 0.4) is 0 Å². The summed E-state index contributed by atoms with van der Waals surface area (Å²) in [6, 6.07) is 10.8. The summed E-state index contributed by atoms with van der Waals surface area (Å²) in [6.45, 7) is 5.49. The molecular weight excluding hydrogens is 346 g/mol. The summed E-state index contributed by atoms with van der Waals surface area (Å²) in [5.41, 5.74) is 2.02. The maximum atomic E-state index is 13.2. The lowest BCUT2D eigenvalue weighted by atomic mass is 10.1. The summed E-state index contributed by atoms with van der Waals surface area (Å²) in [5.74, 6) is 0.803. The zero-order valence-electron chi connectivity index (χ0n) is 15.5. The van der Waals surface area contributed by atoms with Crippen LogP contribution >= 0.6 is 0 Å². The molecule has 1 saturated heterocycles. The molecule has 2 aromatic rings. The highest BCUT2D eigenvalue weighted by Gasteiger charge is 2.37. The standard InChI is InChI=1S/C20H27N3O2S/c1-3-4-13-21-20-18(7-5-14-22-20)19-8-6-15-23(19)26(24,25)17-11-9-16(2)10-12-17/h5,7,9-12,14,19H,3-4,6,8,13,15H2,1-2H3,(H,21,22)/t19-/m0/s1. The van der Waals surface area contributed by atoms with Crippen molar-refractivity contribution in [2.75, 3.05) is 18.4 Å². The summed E-state index contributed by atoms with van der Waals surface area (Å²) in [4.78, 5) is 4.82. The van der Waals surface area contributed by atoms with Crippen molar-refractivity contribution in [3.8, 4) is 0 Å². The van der Waals surface area contributed by atoms with E-state index >= 15 is 0 Å². The largest absolute Gasteiger partial charge is 0.370 e. The highest BCUT2D eigenvalue weighted by molar-refractivity contribution is 7.89. The number of anilines is 1. The van der Waals surface area contributed by atoms with Gasteiger partial charge in [0.15, 0.2) is 0 Å². The molecule has 3 rings (SSSR count). The SMILES string of the molecule is CCCCNc1ncccc1[C@@H]1CCCN1S(=O)(=O)c1ccc(C)cc1. The Kier molecular flexibility index (Phi) is 5.94. The van der Waals surface area contributed by atoms with E-state index in [-0.39, 0.29) is 6.04 Å². The molecule has 1 aliphatic heterocycles. The highest BCUT2D eigenvalue weighted by Crippen LogP contribution is 2.38. The fraction of sp³-hybridized carbons (Fsp3) is 0.450. The summed E-state index contributed by atoms with van der Waals surface area (Å²) in [7, 11) is -3.52. The second-order valence-corrected chi connectivity index (χ2v) is 8.70. The smallest absolute Gasteiger partial charge is 0.243 e. The minimum absolute atomic E-state index is 0.167. The normalized spacial score (nSPS) is 18.2. The van der Waals surface area contributed by atoms with Crippen LogP contribution in [0.15, 0.2) is 47.5 Å². The van der Waals surface area contributed by atoms with Crippen molar-refractivity contribution in [1.29, 1.82) is 0 Å². The van der Waals surface area contributed by atoms with Crippen molar-refractivity contribution < 1.29 is 8.42 Å². The van der Waals surface area contributed by atoms with E-state index in [9.17, 15) is 8.42 Å². The van der Waals surface area contributed by atoms with Gasteiger partial charge in [0.25, 0.3) is 0 Å². The number of nitrogens with one attached hydrogen (secondary N) is 1. The number of sulfonamides is 1. The molecule has 1 atom stereocenters. The second kappa shape index (κ2) is 8.18. The fourth-order valence-electron chi connectivity index (χ4n) is 3.40. The molecule has 1 aliphatic rings. The van der Waals surface area contributed by atoms with Gasteiger partial charge in [0.2, 0.25) is 10.0 Å². The Morgan fingerprint density at radius 1 is 1.23 bits per heavy atom. The fourth-order valence-corrected chi connectivity index (χ4v) is 5.08. The van der Waals surface area contributed by atoms with Gasteiger partial charge in [-0.25, -0.2) is 13.4 Å². The first-order valence-corrected chi connectivity index (χ1v) is 10.8. The van der Waals surface area contributed by atoms with Gasteiger partial charge in [-0.1, -0.05) is 37.1 Å². The number of hydrogen-bond donors (Lipinski definition) is 1. The number of benzene rings is 1. The summed E-state index contributed by atoms with van der Waals surface area (Å²) in [5, 5.41) is 3.38. The van der Waals surface area contributed by atoms with E-state index in [1.54, 1.807) is 22.6 Å². The Morgan fingerprint density at radius 3 is 2.73 bits per heavy atom. The number of unbranched alkanes of at least 4 members (excludes halogenated alkanes) is 1. The van der Waals surface area contributed by atoms with Crippen molar-refractivity contribution in [2.45, 2.75) is 50.5 Å². The third-order valence-electron chi connectivity index (χ3n) is 4.85. The first-order valence-electron chi connectivity index (χ1n) is 9.31. The first-order chi connectivity index (χ1) is 12.5. The summed E-state index contributed by atoms with van der Waals surface area (Å²) < 4.78 is 28.0. The van der Waals surface area contributed by atoms with Gasteiger partial charge in [-0.15, -0.1) is 0 Å². The van der Waals surface area contributed by atoms with Crippen molar-refractivity contribution >= 4 is 15.8 Å². The molecule has 6 heteroatoms. The van der Waals surface area contributed by atoms with Gasteiger partial charge in [0, 0.05) is 24.8 Å². The molecule has 140 valence electrons. The van der Waals surface area contributed by atoms with Crippen LogP contribution in [0.1, 0.15) is 49.8 Å². The van der Waals surface area contributed by atoms with Gasteiger partial charge >= 0.3 is 0 Å². The van der Waals surface area contributed by atoms with Crippen LogP contribution < -0.4 is 5.32 Å². The van der Waals surface area contributed by atoms with Crippen LogP contribution in [0.2, 0.25) is 0 Å². The Labute approximate surface area is 156 Å². The van der Waals surface area contributed by atoms with Crippen LogP contribution in [0, 0.1) is 6.92 Å². The molecule has 0 radical (unpaired) electrons. The molecule has 0 amide bonds. The average Bonchev–Trinajstić information content (AvgIpc) is 3.13. The molecule has 0 saturated carbocycles. The van der Waals surface area contributed by atoms with Crippen molar-refractivity contribution in [1.82, 2.24) is 9.29 Å². The van der Waals surface area contributed by atoms with E-state index < -0.39 is 10.0 Å². The van der Waals surface area contributed by atoms with Gasteiger partial charge in [-0.2, -0.15) is 4.31 Å². The zero-order valence-corrected chi connectivity index (χ0v) is 16.3. The lowest BCUT2D eigenvalue weighted by Crippen LogP contribution is -2.31. The third-order valence-corrected chi connectivity index (χ3v) is 6.77. The number of nitrogens with zero attached hydrogens (tertiary/aromatic N) is 2. The topological polar surface area (TPSA) is 62.3 Å². The van der Waals surface area contributed by atoms with Crippen LogP contribution in [-0.4, -0.2) is 30.8 Å². The number of aryl methyl sites for hydroxylation is 1. The molecule has 5 nitrogen and oxygen atoms in total. The van der Waals surface area contributed by atoms with E-state index in [1.807, 2.05) is 31.2 Å². The van der Waals surface area contributed by atoms with E-state index in [0.29, 0.717) is 11.4 Å². The molecule has 1 aromatic carbocycles. The minimum Gasteiger partial charge on any atom is -0.370 e. The van der Waals surface area contributed by atoms with E-state index in [0.717, 1.165) is 49.2 Å². The van der Waals surface area contributed by atoms with Crippen molar-refractivity contribution in [2.24, 2.45) is 0 Å². The van der Waals surface area contributed by atoms with E-state index in [1.165, 1.54) is 0 Å². The maximum absolute atomic E-state index is 13.2.